The van der Waals surface area contributed by atoms with Gasteiger partial charge in [0, 0.05) is 44.4 Å². The molecule has 0 bridgehead atoms. The minimum atomic E-state index is -0.530. The van der Waals surface area contributed by atoms with Crippen LogP contribution in [0.15, 0.2) is 36.5 Å². The molecule has 0 atom stereocenters. The molecule has 29 heavy (non-hydrogen) atoms. The zero-order valence-electron chi connectivity index (χ0n) is 15.7. The van der Waals surface area contributed by atoms with Gasteiger partial charge in [0.2, 0.25) is 5.91 Å². The van der Waals surface area contributed by atoms with E-state index in [1.54, 1.807) is 18.2 Å². The Labute approximate surface area is 172 Å². The number of aromatic nitrogens is 1. The van der Waals surface area contributed by atoms with Gasteiger partial charge in [0.05, 0.1) is 21.2 Å². The summed E-state index contributed by atoms with van der Waals surface area (Å²) in [5.41, 5.74) is 0.722. The van der Waals surface area contributed by atoms with Gasteiger partial charge < -0.3 is 15.5 Å². The predicted molar refractivity (Wildman–Crippen MR) is 109 cm³/mol. The average molecular weight is 418 g/mol. The largest absolute Gasteiger partial charge is 0.371 e. The van der Waals surface area contributed by atoms with Crippen LogP contribution in [0.4, 0.5) is 17.2 Å². The third-order valence-electron chi connectivity index (χ3n) is 4.85. The first kappa shape index (κ1) is 20.5. The molecular weight excluding hydrogens is 398 g/mol. The number of carbonyl (C=O) groups is 2. The fraction of sp³-hybridized carbons (Fsp3) is 0.316. The Balaban J connectivity index is 1.68. The third kappa shape index (κ3) is 4.80. The van der Waals surface area contributed by atoms with Gasteiger partial charge in [-0.25, -0.2) is 4.98 Å². The number of nitrogens with zero attached hydrogens (tertiary/aromatic N) is 3. The molecule has 0 spiro atoms. The Morgan fingerprint density at radius 3 is 2.55 bits per heavy atom. The maximum atomic E-state index is 12.5. The molecule has 0 unspecified atom stereocenters. The van der Waals surface area contributed by atoms with Crippen LogP contribution in [0, 0.1) is 16.0 Å². The first-order chi connectivity index (χ1) is 13.9. The number of nitrogens with one attached hydrogen (secondary N) is 2. The van der Waals surface area contributed by atoms with Crippen LogP contribution in [0.2, 0.25) is 5.02 Å². The van der Waals surface area contributed by atoms with Crippen molar-refractivity contribution < 1.29 is 14.5 Å². The number of halogens is 1. The number of amides is 2. The molecule has 1 aromatic heterocycles. The lowest BCUT2D eigenvalue weighted by Gasteiger charge is -2.33. The normalized spacial score (nSPS) is 14.3. The van der Waals surface area contributed by atoms with Gasteiger partial charge in [0.1, 0.15) is 5.82 Å². The minimum absolute atomic E-state index is 0.116. The van der Waals surface area contributed by atoms with E-state index in [1.807, 2.05) is 4.90 Å². The number of non-ortho nitro benzene ring substituents is 1. The molecule has 152 valence electrons. The van der Waals surface area contributed by atoms with E-state index in [0.717, 1.165) is 0 Å². The molecule has 2 amide bonds. The van der Waals surface area contributed by atoms with Crippen molar-refractivity contribution in [1.29, 1.82) is 0 Å². The standard InChI is InChI=1S/C19H20ClN5O4/c1-21-19(27)15-10-14(25(28)29)3-4-16(15)24-8-6-12(7-9-24)18(26)23-17-5-2-13(20)11-22-17/h2-5,10-12H,6-9H2,1H3,(H,21,27)(H,22,23,26). The molecule has 2 aromatic rings. The molecule has 10 heteroatoms. The molecule has 2 N–H and O–H groups in total. The molecule has 1 aromatic carbocycles. The summed E-state index contributed by atoms with van der Waals surface area (Å²) >= 11 is 5.80. The lowest BCUT2D eigenvalue weighted by atomic mass is 9.95. The summed E-state index contributed by atoms with van der Waals surface area (Å²) in [5.74, 6) is -0.253. The van der Waals surface area contributed by atoms with E-state index in [1.165, 1.54) is 25.4 Å². The van der Waals surface area contributed by atoms with E-state index in [-0.39, 0.29) is 23.1 Å². The number of hydrogen-bond donors (Lipinski definition) is 2. The van der Waals surface area contributed by atoms with Crippen molar-refractivity contribution in [3.05, 3.63) is 57.2 Å². The summed E-state index contributed by atoms with van der Waals surface area (Å²) in [5, 5.41) is 16.8. The molecule has 1 saturated heterocycles. The van der Waals surface area contributed by atoms with Gasteiger partial charge in [-0.2, -0.15) is 0 Å². The second-order valence-corrected chi connectivity index (χ2v) is 7.09. The van der Waals surface area contributed by atoms with Crippen molar-refractivity contribution in [2.24, 2.45) is 5.92 Å². The number of nitro benzene ring substituents is 1. The van der Waals surface area contributed by atoms with Crippen LogP contribution in [0.1, 0.15) is 23.2 Å². The maximum Gasteiger partial charge on any atom is 0.270 e. The fourth-order valence-electron chi connectivity index (χ4n) is 3.29. The number of rotatable bonds is 5. The smallest absolute Gasteiger partial charge is 0.270 e. The van der Waals surface area contributed by atoms with Crippen molar-refractivity contribution in [3.8, 4) is 0 Å². The van der Waals surface area contributed by atoms with E-state index >= 15 is 0 Å². The van der Waals surface area contributed by atoms with Crippen molar-refractivity contribution in [2.75, 3.05) is 30.4 Å². The summed E-state index contributed by atoms with van der Waals surface area (Å²) in [7, 11) is 1.48. The zero-order valence-corrected chi connectivity index (χ0v) is 16.5. The summed E-state index contributed by atoms with van der Waals surface area (Å²) in [6.45, 7) is 1.10. The zero-order chi connectivity index (χ0) is 21.0. The van der Waals surface area contributed by atoms with E-state index < -0.39 is 10.8 Å². The molecule has 1 fully saturated rings. The average Bonchev–Trinajstić information content (AvgIpc) is 2.74. The Hall–Kier alpha value is -3.20. The number of nitro groups is 1. The number of piperidine rings is 1. The SMILES string of the molecule is CNC(=O)c1cc([N+](=O)[O-])ccc1N1CCC(C(=O)Nc2ccc(Cl)cn2)CC1. The first-order valence-electron chi connectivity index (χ1n) is 9.07. The number of hydrogen-bond acceptors (Lipinski definition) is 6. The molecule has 0 saturated carbocycles. The van der Waals surface area contributed by atoms with Crippen LogP contribution in [0.5, 0.6) is 0 Å². The van der Waals surface area contributed by atoms with Crippen LogP contribution in [-0.4, -0.2) is 41.9 Å². The highest BCUT2D eigenvalue weighted by Gasteiger charge is 2.28. The first-order valence-corrected chi connectivity index (χ1v) is 9.44. The summed E-state index contributed by atoms with van der Waals surface area (Å²) < 4.78 is 0. The molecule has 3 rings (SSSR count). The lowest BCUT2D eigenvalue weighted by molar-refractivity contribution is -0.384. The van der Waals surface area contributed by atoms with Crippen LogP contribution < -0.4 is 15.5 Å². The van der Waals surface area contributed by atoms with Gasteiger partial charge >= 0.3 is 0 Å². The molecule has 9 nitrogen and oxygen atoms in total. The van der Waals surface area contributed by atoms with Crippen molar-refractivity contribution in [1.82, 2.24) is 10.3 Å². The van der Waals surface area contributed by atoms with Crippen LogP contribution in [0.25, 0.3) is 0 Å². The van der Waals surface area contributed by atoms with Gasteiger partial charge in [0.15, 0.2) is 0 Å². The molecule has 0 radical (unpaired) electrons. The van der Waals surface area contributed by atoms with Crippen LogP contribution in [-0.2, 0) is 4.79 Å². The molecular formula is C19H20ClN5O4. The predicted octanol–water partition coefficient (Wildman–Crippen LogP) is 2.86. The highest BCUT2D eigenvalue weighted by atomic mass is 35.5. The number of benzene rings is 1. The molecule has 2 heterocycles. The number of pyridine rings is 1. The summed E-state index contributed by atoms with van der Waals surface area (Å²) in [6.07, 6.45) is 2.64. The minimum Gasteiger partial charge on any atom is -0.371 e. The van der Waals surface area contributed by atoms with Gasteiger partial charge in [-0.1, -0.05) is 11.6 Å². The second kappa shape index (κ2) is 8.87. The lowest BCUT2D eigenvalue weighted by Crippen LogP contribution is -2.39. The van der Waals surface area contributed by atoms with Crippen LogP contribution in [0.3, 0.4) is 0 Å². The van der Waals surface area contributed by atoms with Gasteiger partial charge in [-0.3, -0.25) is 19.7 Å². The summed E-state index contributed by atoms with van der Waals surface area (Å²) in [6, 6.07) is 7.54. The van der Waals surface area contributed by atoms with E-state index in [0.29, 0.717) is 42.5 Å². The van der Waals surface area contributed by atoms with Crippen molar-refractivity contribution in [2.45, 2.75) is 12.8 Å². The Kier molecular flexibility index (Phi) is 6.28. The number of carbonyl (C=O) groups excluding carboxylic acids is 2. The van der Waals surface area contributed by atoms with Gasteiger partial charge in [0.25, 0.3) is 11.6 Å². The molecule has 0 aliphatic carbocycles. The summed E-state index contributed by atoms with van der Waals surface area (Å²) in [4.78, 5) is 41.3. The fourth-order valence-corrected chi connectivity index (χ4v) is 3.40. The second-order valence-electron chi connectivity index (χ2n) is 6.65. The van der Waals surface area contributed by atoms with E-state index in [4.69, 9.17) is 11.6 Å². The third-order valence-corrected chi connectivity index (χ3v) is 5.07. The monoisotopic (exact) mass is 417 g/mol. The molecule has 1 aliphatic rings. The van der Waals surface area contributed by atoms with Crippen molar-refractivity contribution >= 4 is 40.6 Å². The number of anilines is 2. The van der Waals surface area contributed by atoms with Gasteiger partial charge in [-0.15, -0.1) is 0 Å². The topological polar surface area (TPSA) is 117 Å². The Bertz CT molecular complexity index is 927. The van der Waals surface area contributed by atoms with E-state index in [9.17, 15) is 19.7 Å². The quantitative estimate of drug-likeness (QED) is 0.570. The highest BCUT2D eigenvalue weighted by molar-refractivity contribution is 6.30. The molecule has 1 aliphatic heterocycles. The Morgan fingerprint density at radius 2 is 1.97 bits per heavy atom. The van der Waals surface area contributed by atoms with Gasteiger partial charge in [-0.05, 0) is 31.0 Å². The van der Waals surface area contributed by atoms with Crippen LogP contribution >= 0.6 is 11.6 Å². The highest BCUT2D eigenvalue weighted by Crippen LogP contribution is 2.30. The Morgan fingerprint density at radius 1 is 1.24 bits per heavy atom. The maximum absolute atomic E-state index is 12.5. The van der Waals surface area contributed by atoms with E-state index in [2.05, 4.69) is 15.6 Å². The van der Waals surface area contributed by atoms with Crippen molar-refractivity contribution in [3.63, 3.8) is 0 Å².